The molecule has 0 spiro atoms. The van der Waals surface area contributed by atoms with Gasteiger partial charge in [0.1, 0.15) is 12.2 Å². The van der Waals surface area contributed by atoms with Crippen LogP contribution in [0.5, 0.6) is 0 Å². The minimum atomic E-state index is -4.00. The third-order valence-corrected chi connectivity index (χ3v) is 10.6. The van der Waals surface area contributed by atoms with Crippen molar-refractivity contribution >= 4 is 37.6 Å². The van der Waals surface area contributed by atoms with Crippen molar-refractivity contribution in [3.8, 4) is 0 Å². The van der Waals surface area contributed by atoms with E-state index in [0.717, 1.165) is 11.1 Å². The van der Waals surface area contributed by atoms with Crippen molar-refractivity contribution in [2.75, 3.05) is 18.4 Å². The van der Waals surface area contributed by atoms with Crippen LogP contribution >= 0.6 is 0 Å². The molecule has 2 heterocycles. The molecule has 0 aliphatic carbocycles. The number of carbonyl (C=O) groups is 2. The van der Waals surface area contributed by atoms with Gasteiger partial charge in [-0.05, 0) is 55.8 Å². The van der Waals surface area contributed by atoms with Crippen molar-refractivity contribution in [3.05, 3.63) is 89.5 Å². The molecule has 1 N–H and O–H groups in total. The maximum atomic E-state index is 13.7. The normalized spacial score (nSPS) is 21.3. The summed E-state index contributed by atoms with van der Waals surface area (Å²) in [6.07, 6.45) is -0.842. The number of esters is 1. The van der Waals surface area contributed by atoms with Gasteiger partial charge in [-0.2, -0.15) is 4.31 Å². The first-order valence-corrected chi connectivity index (χ1v) is 15.5. The van der Waals surface area contributed by atoms with E-state index >= 15 is 0 Å². The number of rotatable bonds is 7. The summed E-state index contributed by atoms with van der Waals surface area (Å²) < 4.78 is 61.8. The lowest BCUT2D eigenvalue weighted by atomic mass is 9.84. The van der Waals surface area contributed by atoms with Crippen LogP contribution in [-0.2, 0) is 34.4 Å². The van der Waals surface area contributed by atoms with Gasteiger partial charge in [-0.15, -0.1) is 0 Å². The highest BCUT2D eigenvalue weighted by atomic mass is 32.2. The van der Waals surface area contributed by atoms with Gasteiger partial charge in [0.15, 0.2) is 0 Å². The predicted octanol–water partition coefficient (Wildman–Crippen LogP) is 2.99. The summed E-state index contributed by atoms with van der Waals surface area (Å²) in [6, 6.07) is 18.2. The molecule has 40 heavy (non-hydrogen) atoms. The molecule has 5 rings (SSSR count). The lowest BCUT2D eigenvalue weighted by Gasteiger charge is -2.55. The van der Waals surface area contributed by atoms with Gasteiger partial charge in [-0.3, -0.25) is 9.52 Å². The summed E-state index contributed by atoms with van der Waals surface area (Å²) in [5, 5.41) is 0. The van der Waals surface area contributed by atoms with Crippen molar-refractivity contribution < 1.29 is 31.2 Å². The van der Waals surface area contributed by atoms with Crippen molar-refractivity contribution in [2.45, 2.75) is 48.2 Å². The molecule has 12 heteroatoms. The zero-order chi connectivity index (χ0) is 28.8. The average molecular weight is 584 g/mol. The molecule has 3 aromatic carbocycles. The van der Waals surface area contributed by atoms with E-state index < -0.39 is 44.1 Å². The standard InChI is InChI=1S/C28H29N3O7S2/c1-18-4-12-22(13-5-18)39(34,35)29-21-10-8-20(9-11-21)24-17-30(40(36,37)23-14-6-19(2)7-15-23)25-16-26(32)31(25)27(24)28(33)38-3/h4-15,24-25,27,29H,16-17H2,1-3H3/t24-,25+,27-/m1/s1. The Labute approximate surface area is 233 Å². The number of methoxy groups -OCH3 is 1. The van der Waals surface area contributed by atoms with Gasteiger partial charge in [0.05, 0.1) is 23.3 Å². The van der Waals surface area contributed by atoms with Gasteiger partial charge >= 0.3 is 5.97 Å². The minimum absolute atomic E-state index is 0.0367. The fraction of sp³-hybridized carbons (Fsp3) is 0.286. The number of hydrogen-bond donors (Lipinski definition) is 1. The van der Waals surface area contributed by atoms with Crippen molar-refractivity contribution in [1.29, 1.82) is 0 Å². The highest BCUT2D eigenvalue weighted by Gasteiger charge is 2.57. The quantitative estimate of drug-likeness (QED) is 0.334. The van der Waals surface area contributed by atoms with Gasteiger partial charge in [-0.25, -0.2) is 21.6 Å². The second-order valence-electron chi connectivity index (χ2n) is 9.99. The summed E-state index contributed by atoms with van der Waals surface area (Å²) in [6.45, 7) is 3.64. The van der Waals surface area contributed by atoms with Crippen LogP contribution in [0, 0.1) is 13.8 Å². The molecule has 2 fully saturated rings. The number of nitrogens with one attached hydrogen (secondary N) is 1. The third kappa shape index (κ3) is 4.98. The first kappa shape index (κ1) is 27.8. The molecule has 10 nitrogen and oxygen atoms in total. The average Bonchev–Trinajstić information content (AvgIpc) is 2.92. The SMILES string of the molecule is COC(=O)[C@H]1[C@@H](c2ccc(NS(=O)(=O)c3ccc(C)cc3)cc2)CN(S(=O)(=O)c2ccc(C)cc2)[C@@H]2CC(=O)N21. The van der Waals surface area contributed by atoms with Gasteiger partial charge in [-0.1, -0.05) is 47.5 Å². The molecule has 3 atom stereocenters. The molecule has 2 saturated heterocycles. The number of ether oxygens (including phenoxy) is 1. The molecule has 0 saturated carbocycles. The van der Waals surface area contributed by atoms with Crippen LogP contribution in [-0.4, -0.2) is 63.8 Å². The van der Waals surface area contributed by atoms with Crippen LogP contribution in [0.2, 0.25) is 0 Å². The molecule has 0 unspecified atom stereocenters. The van der Waals surface area contributed by atoms with E-state index in [4.69, 9.17) is 4.74 Å². The number of benzene rings is 3. The van der Waals surface area contributed by atoms with Gasteiger partial charge < -0.3 is 9.64 Å². The van der Waals surface area contributed by atoms with Crippen LogP contribution in [0.4, 0.5) is 5.69 Å². The maximum absolute atomic E-state index is 13.7. The van der Waals surface area contributed by atoms with E-state index in [9.17, 15) is 26.4 Å². The fourth-order valence-corrected chi connectivity index (χ4v) is 7.79. The van der Waals surface area contributed by atoms with Crippen LogP contribution in [0.15, 0.2) is 82.6 Å². The summed E-state index contributed by atoms with van der Waals surface area (Å²) in [4.78, 5) is 27.1. The first-order chi connectivity index (χ1) is 18.9. The van der Waals surface area contributed by atoms with E-state index in [0.29, 0.717) is 5.56 Å². The van der Waals surface area contributed by atoms with Crippen molar-refractivity contribution in [1.82, 2.24) is 9.21 Å². The molecule has 0 aromatic heterocycles. The van der Waals surface area contributed by atoms with E-state index in [-0.39, 0.29) is 34.4 Å². The number of carbonyl (C=O) groups excluding carboxylic acids is 2. The Balaban J connectivity index is 1.47. The third-order valence-electron chi connectivity index (χ3n) is 7.35. The number of β-lactam (4-membered cyclic amide) rings is 1. The number of amides is 1. The number of anilines is 1. The summed E-state index contributed by atoms with van der Waals surface area (Å²) in [5.74, 6) is -1.76. The Morgan fingerprint density at radius 2 is 1.40 bits per heavy atom. The fourth-order valence-electron chi connectivity index (χ4n) is 5.12. The maximum Gasteiger partial charge on any atom is 0.329 e. The second-order valence-corrected chi connectivity index (χ2v) is 13.6. The van der Waals surface area contributed by atoms with Gasteiger partial charge in [0.2, 0.25) is 15.9 Å². The monoisotopic (exact) mass is 583 g/mol. The highest BCUT2D eigenvalue weighted by Crippen LogP contribution is 2.42. The molecule has 0 radical (unpaired) electrons. The van der Waals surface area contributed by atoms with Crippen LogP contribution in [0.1, 0.15) is 29.0 Å². The molecule has 3 aromatic rings. The lowest BCUT2D eigenvalue weighted by molar-refractivity contribution is -0.176. The van der Waals surface area contributed by atoms with E-state index in [1.165, 1.54) is 52.7 Å². The van der Waals surface area contributed by atoms with Crippen LogP contribution in [0.25, 0.3) is 0 Å². The molecular formula is C28H29N3O7S2. The Kier molecular flexibility index (Phi) is 7.19. The number of aryl methyl sites for hydroxylation is 2. The number of sulfonamides is 2. The Hall–Kier alpha value is -3.74. The summed E-state index contributed by atoms with van der Waals surface area (Å²) in [5.41, 5.74) is 2.67. The van der Waals surface area contributed by atoms with E-state index in [1.54, 1.807) is 36.4 Å². The molecule has 2 aliphatic rings. The van der Waals surface area contributed by atoms with E-state index in [1.807, 2.05) is 13.8 Å². The zero-order valence-corrected chi connectivity index (χ0v) is 23.8. The van der Waals surface area contributed by atoms with Crippen molar-refractivity contribution in [3.63, 3.8) is 0 Å². The molecule has 1 amide bonds. The number of hydrogen-bond acceptors (Lipinski definition) is 7. The number of nitrogens with zero attached hydrogens (tertiary/aromatic N) is 2. The molecular weight excluding hydrogens is 554 g/mol. The first-order valence-electron chi connectivity index (χ1n) is 12.6. The number of fused-ring (bicyclic) bond motifs is 1. The minimum Gasteiger partial charge on any atom is -0.467 e. The highest BCUT2D eigenvalue weighted by molar-refractivity contribution is 7.92. The topological polar surface area (TPSA) is 130 Å². The Morgan fingerprint density at radius 1 is 0.850 bits per heavy atom. The van der Waals surface area contributed by atoms with Gasteiger partial charge in [0, 0.05) is 18.2 Å². The molecule has 2 aliphatic heterocycles. The summed E-state index contributed by atoms with van der Waals surface area (Å²) >= 11 is 0. The van der Waals surface area contributed by atoms with Crippen molar-refractivity contribution in [2.24, 2.45) is 0 Å². The van der Waals surface area contributed by atoms with Gasteiger partial charge in [0.25, 0.3) is 10.0 Å². The lowest BCUT2D eigenvalue weighted by Crippen LogP contribution is -2.72. The zero-order valence-electron chi connectivity index (χ0n) is 22.1. The Morgan fingerprint density at radius 3 is 1.93 bits per heavy atom. The summed E-state index contributed by atoms with van der Waals surface area (Å²) in [7, 11) is -6.62. The predicted molar refractivity (Wildman–Crippen MR) is 147 cm³/mol. The molecule has 210 valence electrons. The Bertz CT molecular complexity index is 1650. The second kappa shape index (κ2) is 10.3. The largest absolute Gasteiger partial charge is 0.467 e. The molecule has 0 bridgehead atoms. The van der Waals surface area contributed by atoms with Crippen LogP contribution < -0.4 is 4.72 Å². The van der Waals surface area contributed by atoms with E-state index in [2.05, 4.69) is 4.72 Å². The smallest absolute Gasteiger partial charge is 0.329 e. The van der Waals surface area contributed by atoms with Crippen LogP contribution in [0.3, 0.4) is 0 Å².